The summed E-state index contributed by atoms with van der Waals surface area (Å²) in [7, 11) is 0. The Morgan fingerprint density at radius 3 is 2.39 bits per heavy atom. The van der Waals surface area contributed by atoms with E-state index in [0.29, 0.717) is 11.3 Å². The number of alkyl halides is 3. The largest absolute Gasteiger partial charge is 0.471 e. The fraction of sp³-hybridized carbons (Fsp3) is 0.0500. The number of rotatable bonds is 3. The van der Waals surface area contributed by atoms with Crippen LogP contribution in [0.25, 0.3) is 33.6 Å². The van der Waals surface area contributed by atoms with E-state index < -0.39 is 18.0 Å². The molecule has 0 atom stereocenters. The molecule has 0 spiro atoms. The Labute approximate surface area is 156 Å². The Hall–Kier alpha value is -3.68. The van der Waals surface area contributed by atoms with Crippen molar-refractivity contribution < 1.29 is 22.4 Å². The highest BCUT2D eigenvalue weighted by Gasteiger charge is 2.40. The zero-order chi connectivity index (χ0) is 19.7. The SMILES string of the molecule is O=C(Nc1oc(-c2nccc3ccccc23)nc1-c1ccccc1)C(F)(F)F. The van der Waals surface area contributed by atoms with Gasteiger partial charge in [-0.2, -0.15) is 13.2 Å². The fourth-order valence-electron chi connectivity index (χ4n) is 2.76. The molecule has 5 nitrogen and oxygen atoms in total. The standard InChI is InChI=1S/C20H12F3N3O2/c21-20(22,23)19(27)26-17-15(13-7-2-1-3-8-13)25-18(28-17)16-14-9-5-4-6-12(14)10-11-24-16/h1-11H,(H,26,27). The van der Waals surface area contributed by atoms with Gasteiger partial charge in [0.15, 0.2) is 0 Å². The van der Waals surface area contributed by atoms with Gasteiger partial charge in [-0.15, -0.1) is 0 Å². The average Bonchev–Trinajstić information content (AvgIpc) is 3.11. The molecule has 0 fully saturated rings. The second kappa shape index (κ2) is 6.80. The lowest BCUT2D eigenvalue weighted by molar-refractivity contribution is -0.167. The lowest BCUT2D eigenvalue weighted by Gasteiger charge is -2.06. The van der Waals surface area contributed by atoms with Gasteiger partial charge in [0.1, 0.15) is 11.4 Å². The number of amides is 1. The minimum atomic E-state index is -5.06. The first-order chi connectivity index (χ1) is 13.4. The smallest absolute Gasteiger partial charge is 0.418 e. The molecule has 8 heteroatoms. The Bertz CT molecular complexity index is 1150. The van der Waals surface area contributed by atoms with Crippen molar-refractivity contribution in [3.8, 4) is 22.8 Å². The molecule has 0 aliphatic rings. The molecule has 0 saturated carbocycles. The van der Waals surface area contributed by atoms with Crippen molar-refractivity contribution in [1.29, 1.82) is 0 Å². The molecule has 4 aromatic rings. The molecular formula is C20H12F3N3O2. The minimum Gasteiger partial charge on any atom is -0.418 e. The summed E-state index contributed by atoms with van der Waals surface area (Å²) in [6, 6.07) is 17.6. The number of oxazole rings is 1. The van der Waals surface area contributed by atoms with Crippen LogP contribution in [0.4, 0.5) is 19.1 Å². The third-order valence-corrected chi connectivity index (χ3v) is 4.04. The molecule has 0 unspecified atom stereocenters. The molecule has 2 heterocycles. The molecule has 0 radical (unpaired) electrons. The van der Waals surface area contributed by atoms with Crippen LogP contribution in [0.1, 0.15) is 0 Å². The molecule has 28 heavy (non-hydrogen) atoms. The molecule has 1 N–H and O–H groups in total. The van der Waals surface area contributed by atoms with Gasteiger partial charge >= 0.3 is 12.1 Å². The summed E-state index contributed by atoms with van der Waals surface area (Å²) in [5, 5.41) is 3.36. The van der Waals surface area contributed by atoms with Gasteiger partial charge in [-0.05, 0) is 11.5 Å². The summed E-state index contributed by atoms with van der Waals surface area (Å²) < 4.78 is 43.7. The van der Waals surface area contributed by atoms with E-state index in [2.05, 4.69) is 9.97 Å². The number of pyridine rings is 1. The van der Waals surface area contributed by atoms with E-state index in [1.54, 1.807) is 60.0 Å². The van der Waals surface area contributed by atoms with Crippen LogP contribution in [0.15, 0.2) is 71.3 Å². The fourth-order valence-corrected chi connectivity index (χ4v) is 2.76. The Balaban J connectivity index is 1.87. The van der Waals surface area contributed by atoms with Gasteiger partial charge in [-0.25, -0.2) is 4.98 Å². The number of nitrogens with zero attached hydrogens (tertiary/aromatic N) is 2. The molecule has 0 saturated heterocycles. The van der Waals surface area contributed by atoms with E-state index in [1.165, 1.54) is 0 Å². The lowest BCUT2D eigenvalue weighted by atomic mass is 10.1. The molecule has 0 aliphatic heterocycles. The normalized spacial score (nSPS) is 11.5. The van der Waals surface area contributed by atoms with Crippen molar-refractivity contribution in [3.05, 3.63) is 66.9 Å². The number of hydrogen-bond acceptors (Lipinski definition) is 4. The number of halogens is 3. The number of carbonyl (C=O) groups is 1. The number of hydrogen-bond donors (Lipinski definition) is 1. The predicted octanol–water partition coefficient (Wildman–Crippen LogP) is 5.06. The van der Waals surface area contributed by atoms with E-state index in [-0.39, 0.29) is 11.6 Å². The second-order valence-electron chi connectivity index (χ2n) is 5.90. The van der Waals surface area contributed by atoms with Crippen LogP contribution in [-0.4, -0.2) is 22.1 Å². The van der Waals surface area contributed by atoms with Gasteiger partial charge in [-0.1, -0.05) is 54.6 Å². The van der Waals surface area contributed by atoms with Gasteiger partial charge in [-0.3, -0.25) is 15.1 Å². The van der Waals surface area contributed by atoms with Crippen molar-refractivity contribution in [2.75, 3.05) is 5.32 Å². The van der Waals surface area contributed by atoms with Crippen LogP contribution in [0, 0.1) is 0 Å². The number of fused-ring (bicyclic) bond motifs is 1. The van der Waals surface area contributed by atoms with E-state index >= 15 is 0 Å². The summed E-state index contributed by atoms with van der Waals surface area (Å²) >= 11 is 0. The molecule has 2 aromatic heterocycles. The van der Waals surface area contributed by atoms with Crippen LogP contribution in [0.5, 0.6) is 0 Å². The predicted molar refractivity (Wildman–Crippen MR) is 97.4 cm³/mol. The van der Waals surface area contributed by atoms with Crippen LogP contribution in [-0.2, 0) is 4.79 Å². The number of nitrogens with one attached hydrogen (secondary N) is 1. The maximum Gasteiger partial charge on any atom is 0.471 e. The first-order valence-corrected chi connectivity index (χ1v) is 8.22. The van der Waals surface area contributed by atoms with E-state index in [9.17, 15) is 18.0 Å². The minimum absolute atomic E-state index is 0.00753. The summed E-state index contributed by atoms with van der Waals surface area (Å²) in [5.74, 6) is -2.52. The maximum absolute atomic E-state index is 12.7. The third-order valence-electron chi connectivity index (χ3n) is 4.04. The van der Waals surface area contributed by atoms with Gasteiger partial charge < -0.3 is 4.42 Å². The van der Waals surface area contributed by atoms with Crippen LogP contribution < -0.4 is 5.32 Å². The van der Waals surface area contributed by atoms with E-state index in [4.69, 9.17) is 4.42 Å². The molecule has 140 valence electrons. The first kappa shape index (κ1) is 17.7. The topological polar surface area (TPSA) is 68.0 Å². The molecule has 1 amide bonds. The number of anilines is 1. The second-order valence-corrected chi connectivity index (χ2v) is 5.90. The summed E-state index contributed by atoms with van der Waals surface area (Å²) in [6.45, 7) is 0. The highest BCUT2D eigenvalue weighted by molar-refractivity contribution is 5.97. The number of benzene rings is 2. The molecule has 2 aromatic carbocycles. The Morgan fingerprint density at radius 2 is 1.64 bits per heavy atom. The van der Waals surface area contributed by atoms with Gasteiger partial charge in [0.05, 0.1) is 0 Å². The van der Waals surface area contributed by atoms with Crippen LogP contribution in [0.2, 0.25) is 0 Å². The monoisotopic (exact) mass is 383 g/mol. The maximum atomic E-state index is 12.7. The van der Waals surface area contributed by atoms with E-state index in [1.807, 2.05) is 12.1 Å². The third kappa shape index (κ3) is 3.32. The van der Waals surface area contributed by atoms with Crippen molar-refractivity contribution in [3.63, 3.8) is 0 Å². The van der Waals surface area contributed by atoms with Crippen molar-refractivity contribution in [2.45, 2.75) is 6.18 Å². The van der Waals surface area contributed by atoms with Crippen molar-refractivity contribution in [2.24, 2.45) is 0 Å². The molecule has 0 bridgehead atoms. The van der Waals surface area contributed by atoms with Gasteiger partial charge in [0.2, 0.25) is 11.8 Å². The summed E-state index contributed by atoms with van der Waals surface area (Å²) in [5.41, 5.74) is 0.945. The average molecular weight is 383 g/mol. The van der Waals surface area contributed by atoms with Crippen LogP contribution >= 0.6 is 0 Å². The number of aromatic nitrogens is 2. The highest BCUT2D eigenvalue weighted by atomic mass is 19.4. The van der Waals surface area contributed by atoms with Gasteiger partial charge in [0, 0.05) is 17.1 Å². The Kier molecular flexibility index (Phi) is 4.31. The Morgan fingerprint density at radius 1 is 0.929 bits per heavy atom. The first-order valence-electron chi connectivity index (χ1n) is 8.22. The van der Waals surface area contributed by atoms with Crippen LogP contribution in [0.3, 0.4) is 0 Å². The molecule has 0 aliphatic carbocycles. The summed E-state index contributed by atoms with van der Waals surface area (Å²) in [4.78, 5) is 20.0. The van der Waals surface area contributed by atoms with Crippen molar-refractivity contribution in [1.82, 2.24) is 9.97 Å². The molecule has 4 rings (SSSR count). The van der Waals surface area contributed by atoms with E-state index in [0.717, 1.165) is 10.8 Å². The quantitative estimate of drug-likeness (QED) is 0.537. The summed E-state index contributed by atoms with van der Waals surface area (Å²) in [6.07, 6.45) is -3.50. The zero-order valence-electron chi connectivity index (χ0n) is 14.2. The van der Waals surface area contributed by atoms with Crippen molar-refractivity contribution >= 4 is 22.6 Å². The molecular weight excluding hydrogens is 371 g/mol. The van der Waals surface area contributed by atoms with Gasteiger partial charge in [0.25, 0.3) is 0 Å². The highest BCUT2D eigenvalue weighted by Crippen LogP contribution is 2.35. The number of carbonyl (C=O) groups excluding carboxylic acids is 1. The lowest BCUT2D eigenvalue weighted by Crippen LogP contribution is -2.29. The zero-order valence-corrected chi connectivity index (χ0v) is 14.2.